The standard InChI is InChI=1S/C7H10N4O/c1-2-10-7(12)11-6-3-8-5-9-4-6/h3-5H,2H2,1H3,(H2,10,11,12). The summed E-state index contributed by atoms with van der Waals surface area (Å²) in [4.78, 5) is 18.4. The average Bonchev–Trinajstić information content (AvgIpc) is 2.06. The minimum Gasteiger partial charge on any atom is -0.338 e. The molecule has 1 heterocycles. The normalized spacial score (nSPS) is 9.08. The van der Waals surface area contributed by atoms with E-state index in [9.17, 15) is 4.79 Å². The van der Waals surface area contributed by atoms with Gasteiger partial charge in [-0.05, 0) is 6.92 Å². The molecule has 0 aromatic carbocycles. The molecule has 1 aromatic heterocycles. The van der Waals surface area contributed by atoms with E-state index in [2.05, 4.69) is 20.6 Å². The molecule has 5 nitrogen and oxygen atoms in total. The lowest BCUT2D eigenvalue weighted by Crippen LogP contribution is -2.28. The first-order valence-corrected chi connectivity index (χ1v) is 3.62. The first kappa shape index (κ1) is 8.45. The van der Waals surface area contributed by atoms with Gasteiger partial charge in [0.25, 0.3) is 0 Å². The summed E-state index contributed by atoms with van der Waals surface area (Å²) in [5.74, 6) is 0. The van der Waals surface area contributed by atoms with Crippen LogP contribution in [-0.2, 0) is 0 Å². The molecule has 0 atom stereocenters. The van der Waals surface area contributed by atoms with E-state index < -0.39 is 0 Å². The third-order valence-electron chi connectivity index (χ3n) is 1.16. The molecule has 64 valence electrons. The number of aromatic nitrogens is 2. The lowest BCUT2D eigenvalue weighted by molar-refractivity contribution is 0.252. The molecule has 0 bridgehead atoms. The summed E-state index contributed by atoms with van der Waals surface area (Å²) in [5, 5.41) is 5.16. The van der Waals surface area contributed by atoms with E-state index >= 15 is 0 Å². The van der Waals surface area contributed by atoms with Gasteiger partial charge < -0.3 is 10.6 Å². The fourth-order valence-corrected chi connectivity index (χ4v) is 0.699. The van der Waals surface area contributed by atoms with Crippen LogP contribution >= 0.6 is 0 Å². The van der Waals surface area contributed by atoms with E-state index in [1.54, 1.807) is 0 Å². The van der Waals surface area contributed by atoms with Crippen molar-refractivity contribution in [1.29, 1.82) is 0 Å². The van der Waals surface area contributed by atoms with Crippen molar-refractivity contribution in [3.63, 3.8) is 0 Å². The van der Waals surface area contributed by atoms with Crippen molar-refractivity contribution in [2.75, 3.05) is 11.9 Å². The Morgan fingerprint density at radius 1 is 1.50 bits per heavy atom. The van der Waals surface area contributed by atoms with Crippen LogP contribution in [0.15, 0.2) is 18.7 Å². The maximum absolute atomic E-state index is 10.9. The average molecular weight is 166 g/mol. The SMILES string of the molecule is CCNC(=O)Nc1cncnc1. The van der Waals surface area contributed by atoms with Gasteiger partial charge in [0.2, 0.25) is 0 Å². The Labute approximate surface area is 70.2 Å². The minimum atomic E-state index is -0.243. The highest BCUT2D eigenvalue weighted by Gasteiger charge is 1.97. The van der Waals surface area contributed by atoms with Crippen molar-refractivity contribution < 1.29 is 4.79 Å². The second kappa shape index (κ2) is 4.27. The van der Waals surface area contributed by atoms with Gasteiger partial charge in [-0.2, -0.15) is 0 Å². The summed E-state index contributed by atoms with van der Waals surface area (Å²) in [6.45, 7) is 2.45. The molecule has 0 aliphatic carbocycles. The van der Waals surface area contributed by atoms with Gasteiger partial charge in [0.15, 0.2) is 0 Å². The third kappa shape index (κ3) is 2.53. The molecular formula is C7H10N4O. The molecule has 0 saturated carbocycles. The van der Waals surface area contributed by atoms with Crippen LogP contribution < -0.4 is 10.6 Å². The summed E-state index contributed by atoms with van der Waals surface area (Å²) >= 11 is 0. The summed E-state index contributed by atoms with van der Waals surface area (Å²) in [5.41, 5.74) is 0.587. The Bertz CT molecular complexity index is 249. The van der Waals surface area contributed by atoms with Crippen molar-refractivity contribution in [1.82, 2.24) is 15.3 Å². The Morgan fingerprint density at radius 2 is 2.17 bits per heavy atom. The van der Waals surface area contributed by atoms with Crippen molar-refractivity contribution in [3.8, 4) is 0 Å². The predicted octanol–water partition coefficient (Wildman–Crippen LogP) is 0.618. The zero-order valence-electron chi connectivity index (χ0n) is 6.74. The maximum Gasteiger partial charge on any atom is 0.319 e. The van der Waals surface area contributed by atoms with Crippen LogP contribution in [0.4, 0.5) is 10.5 Å². The fraction of sp³-hybridized carbons (Fsp3) is 0.286. The van der Waals surface area contributed by atoms with Crippen molar-refractivity contribution in [2.24, 2.45) is 0 Å². The summed E-state index contributed by atoms with van der Waals surface area (Å²) in [7, 11) is 0. The molecule has 0 aliphatic rings. The van der Waals surface area contributed by atoms with Crippen molar-refractivity contribution >= 4 is 11.7 Å². The molecule has 0 aliphatic heterocycles. The van der Waals surface area contributed by atoms with E-state index in [4.69, 9.17) is 0 Å². The van der Waals surface area contributed by atoms with Crippen LogP contribution in [0.25, 0.3) is 0 Å². The molecule has 1 rings (SSSR count). The monoisotopic (exact) mass is 166 g/mol. The molecular weight excluding hydrogens is 156 g/mol. The van der Waals surface area contributed by atoms with E-state index in [0.29, 0.717) is 12.2 Å². The van der Waals surface area contributed by atoms with Gasteiger partial charge in [0, 0.05) is 6.54 Å². The van der Waals surface area contributed by atoms with E-state index in [1.165, 1.54) is 18.7 Å². The molecule has 0 fully saturated rings. The van der Waals surface area contributed by atoms with Crippen LogP contribution in [0.1, 0.15) is 6.92 Å². The number of urea groups is 1. The Balaban J connectivity index is 2.47. The first-order valence-electron chi connectivity index (χ1n) is 3.62. The highest BCUT2D eigenvalue weighted by molar-refractivity contribution is 5.88. The third-order valence-corrected chi connectivity index (χ3v) is 1.16. The molecule has 0 saturated heterocycles. The highest BCUT2D eigenvalue weighted by Crippen LogP contribution is 1.98. The molecule has 0 unspecified atom stereocenters. The Morgan fingerprint density at radius 3 is 2.75 bits per heavy atom. The van der Waals surface area contributed by atoms with Gasteiger partial charge in [-0.25, -0.2) is 14.8 Å². The second-order valence-corrected chi connectivity index (χ2v) is 2.11. The molecule has 0 spiro atoms. The number of nitrogens with one attached hydrogen (secondary N) is 2. The molecule has 12 heavy (non-hydrogen) atoms. The quantitative estimate of drug-likeness (QED) is 0.676. The number of hydrogen-bond acceptors (Lipinski definition) is 3. The van der Waals surface area contributed by atoms with E-state index in [0.717, 1.165) is 0 Å². The van der Waals surface area contributed by atoms with Crippen LogP contribution in [0, 0.1) is 0 Å². The Hall–Kier alpha value is -1.65. The van der Waals surface area contributed by atoms with Gasteiger partial charge in [0.1, 0.15) is 6.33 Å². The predicted molar refractivity (Wildman–Crippen MR) is 44.7 cm³/mol. The van der Waals surface area contributed by atoms with Crippen molar-refractivity contribution in [3.05, 3.63) is 18.7 Å². The molecule has 2 N–H and O–H groups in total. The highest BCUT2D eigenvalue weighted by atomic mass is 16.2. The fourth-order valence-electron chi connectivity index (χ4n) is 0.699. The summed E-state index contributed by atoms with van der Waals surface area (Å²) < 4.78 is 0. The van der Waals surface area contributed by atoms with Gasteiger partial charge in [-0.15, -0.1) is 0 Å². The molecule has 5 heteroatoms. The number of anilines is 1. The van der Waals surface area contributed by atoms with E-state index in [-0.39, 0.29) is 6.03 Å². The maximum atomic E-state index is 10.9. The molecule has 2 amide bonds. The van der Waals surface area contributed by atoms with Crippen LogP contribution in [0.3, 0.4) is 0 Å². The summed E-state index contributed by atoms with van der Waals surface area (Å²) in [6, 6.07) is -0.243. The molecule has 1 aromatic rings. The summed E-state index contributed by atoms with van der Waals surface area (Å²) in [6.07, 6.45) is 4.47. The van der Waals surface area contributed by atoms with E-state index in [1.807, 2.05) is 6.92 Å². The largest absolute Gasteiger partial charge is 0.338 e. The zero-order chi connectivity index (χ0) is 8.81. The van der Waals surface area contributed by atoms with Gasteiger partial charge >= 0.3 is 6.03 Å². The van der Waals surface area contributed by atoms with Crippen LogP contribution in [-0.4, -0.2) is 22.5 Å². The smallest absolute Gasteiger partial charge is 0.319 e. The number of nitrogens with zero attached hydrogens (tertiary/aromatic N) is 2. The lowest BCUT2D eigenvalue weighted by Gasteiger charge is -2.03. The number of carbonyl (C=O) groups is 1. The number of hydrogen-bond donors (Lipinski definition) is 2. The molecule has 0 radical (unpaired) electrons. The van der Waals surface area contributed by atoms with Gasteiger partial charge in [-0.3, -0.25) is 0 Å². The zero-order valence-corrected chi connectivity index (χ0v) is 6.74. The van der Waals surface area contributed by atoms with Gasteiger partial charge in [0.05, 0.1) is 18.1 Å². The number of amides is 2. The van der Waals surface area contributed by atoms with Gasteiger partial charge in [-0.1, -0.05) is 0 Å². The second-order valence-electron chi connectivity index (χ2n) is 2.11. The lowest BCUT2D eigenvalue weighted by atomic mass is 10.5. The Kier molecular flexibility index (Phi) is 3.01. The van der Waals surface area contributed by atoms with Crippen LogP contribution in [0.5, 0.6) is 0 Å². The number of rotatable bonds is 2. The minimum absolute atomic E-state index is 0.243. The van der Waals surface area contributed by atoms with Crippen molar-refractivity contribution in [2.45, 2.75) is 6.92 Å². The first-order chi connectivity index (χ1) is 5.83. The van der Waals surface area contributed by atoms with Crippen LogP contribution in [0.2, 0.25) is 0 Å². The number of carbonyl (C=O) groups excluding carboxylic acids is 1. The topological polar surface area (TPSA) is 66.9 Å².